The number of para-hydroxylation sites is 1. The van der Waals surface area contributed by atoms with Crippen LogP contribution < -0.4 is 4.90 Å². The average Bonchev–Trinajstić information content (AvgIpc) is 3.44. The van der Waals surface area contributed by atoms with Gasteiger partial charge in [0, 0.05) is 44.8 Å². The van der Waals surface area contributed by atoms with Crippen molar-refractivity contribution in [2.45, 2.75) is 19.3 Å². The number of amides is 3. The molecule has 3 amide bonds. The van der Waals surface area contributed by atoms with Gasteiger partial charge in [0.1, 0.15) is 0 Å². The number of anilines is 1. The third-order valence-corrected chi connectivity index (χ3v) is 7.09. The van der Waals surface area contributed by atoms with Crippen LogP contribution in [0, 0.1) is 23.7 Å². The Bertz CT molecular complexity index is 814. The standard InChI is InChI=1S/C23H27N3O3/c27-19(25-13-11-24(12-14-25)18-5-2-1-3-6-18)7-4-10-26-22(28)20-16-8-9-17(15-16)21(20)23(26)29/h1-3,5-6,8-9,16-17,20-21H,4,7,10-15H2/t16-,17-,20-,21+/m0/s1. The molecule has 3 fully saturated rings. The first kappa shape index (κ1) is 18.4. The third kappa shape index (κ3) is 3.15. The van der Waals surface area contributed by atoms with Gasteiger partial charge in [0.05, 0.1) is 11.8 Å². The number of carbonyl (C=O) groups is 3. The van der Waals surface area contributed by atoms with Crippen LogP contribution >= 0.6 is 0 Å². The monoisotopic (exact) mass is 393 g/mol. The van der Waals surface area contributed by atoms with Gasteiger partial charge < -0.3 is 9.80 Å². The van der Waals surface area contributed by atoms with E-state index < -0.39 is 0 Å². The predicted octanol–water partition coefficient (Wildman–Crippen LogP) is 1.92. The fraction of sp³-hybridized carbons (Fsp3) is 0.522. The zero-order chi connectivity index (χ0) is 20.0. The lowest BCUT2D eigenvalue weighted by atomic mass is 9.85. The Morgan fingerprint density at radius 3 is 2.14 bits per heavy atom. The minimum atomic E-state index is -0.140. The van der Waals surface area contributed by atoms with Gasteiger partial charge in [-0.15, -0.1) is 0 Å². The van der Waals surface area contributed by atoms with Crippen molar-refractivity contribution in [2.75, 3.05) is 37.6 Å². The molecule has 4 aliphatic rings. The van der Waals surface area contributed by atoms with Crippen LogP contribution in [0.4, 0.5) is 5.69 Å². The third-order valence-electron chi connectivity index (χ3n) is 7.09. The number of piperazine rings is 1. The molecular weight excluding hydrogens is 366 g/mol. The van der Waals surface area contributed by atoms with Crippen molar-refractivity contribution < 1.29 is 14.4 Å². The van der Waals surface area contributed by atoms with Crippen molar-refractivity contribution >= 4 is 23.4 Å². The molecule has 6 heteroatoms. The van der Waals surface area contributed by atoms with E-state index in [1.54, 1.807) is 0 Å². The molecule has 6 nitrogen and oxygen atoms in total. The molecule has 1 aromatic carbocycles. The summed E-state index contributed by atoms with van der Waals surface area (Å²) in [5.41, 5.74) is 1.19. The summed E-state index contributed by atoms with van der Waals surface area (Å²) >= 11 is 0. The van der Waals surface area contributed by atoms with Crippen LogP contribution in [0.5, 0.6) is 0 Å². The second-order valence-corrected chi connectivity index (χ2v) is 8.63. The van der Waals surface area contributed by atoms with Crippen molar-refractivity contribution in [3.8, 4) is 0 Å². The normalized spacial score (nSPS) is 30.4. The quantitative estimate of drug-likeness (QED) is 0.567. The highest BCUT2D eigenvalue weighted by Gasteiger charge is 2.58. The molecule has 2 saturated heterocycles. The molecule has 1 aromatic rings. The largest absolute Gasteiger partial charge is 0.368 e. The van der Waals surface area contributed by atoms with E-state index in [1.165, 1.54) is 10.6 Å². The highest BCUT2D eigenvalue weighted by atomic mass is 16.2. The number of hydrogen-bond acceptors (Lipinski definition) is 4. The molecule has 0 radical (unpaired) electrons. The number of benzene rings is 1. The number of rotatable bonds is 5. The van der Waals surface area contributed by atoms with E-state index in [0.717, 1.165) is 19.5 Å². The summed E-state index contributed by atoms with van der Waals surface area (Å²) in [6, 6.07) is 10.3. The number of hydrogen-bond donors (Lipinski definition) is 0. The molecule has 29 heavy (non-hydrogen) atoms. The summed E-state index contributed by atoms with van der Waals surface area (Å²) in [6.45, 7) is 3.47. The highest BCUT2D eigenvalue weighted by Crippen LogP contribution is 2.52. The van der Waals surface area contributed by atoms with Crippen LogP contribution in [0.1, 0.15) is 19.3 Å². The minimum Gasteiger partial charge on any atom is -0.368 e. The molecule has 152 valence electrons. The fourth-order valence-corrected chi connectivity index (χ4v) is 5.58. The molecule has 0 N–H and O–H groups in total. The van der Waals surface area contributed by atoms with Gasteiger partial charge in [-0.2, -0.15) is 0 Å². The summed E-state index contributed by atoms with van der Waals surface area (Å²) in [4.78, 5) is 43.6. The number of fused-ring (bicyclic) bond motifs is 5. The summed E-state index contributed by atoms with van der Waals surface area (Å²) in [5.74, 6) is 0.307. The first-order valence-electron chi connectivity index (χ1n) is 10.7. The number of nitrogens with zero attached hydrogens (tertiary/aromatic N) is 3. The second kappa shape index (κ2) is 7.32. The van der Waals surface area contributed by atoms with Crippen LogP contribution in [0.15, 0.2) is 42.5 Å². The van der Waals surface area contributed by atoms with Crippen LogP contribution in [-0.2, 0) is 14.4 Å². The maximum atomic E-state index is 12.7. The Balaban J connectivity index is 1.09. The maximum Gasteiger partial charge on any atom is 0.233 e. The van der Waals surface area contributed by atoms with E-state index in [2.05, 4.69) is 29.2 Å². The molecule has 2 aliphatic heterocycles. The first-order chi connectivity index (χ1) is 14.1. The average molecular weight is 393 g/mol. The number of carbonyl (C=O) groups excluding carboxylic acids is 3. The van der Waals surface area contributed by atoms with Gasteiger partial charge >= 0.3 is 0 Å². The van der Waals surface area contributed by atoms with Gasteiger partial charge in [-0.1, -0.05) is 30.4 Å². The van der Waals surface area contributed by atoms with Crippen LogP contribution in [0.2, 0.25) is 0 Å². The highest BCUT2D eigenvalue weighted by molar-refractivity contribution is 6.06. The van der Waals surface area contributed by atoms with E-state index in [-0.39, 0.29) is 41.4 Å². The second-order valence-electron chi connectivity index (χ2n) is 8.63. The van der Waals surface area contributed by atoms with E-state index in [4.69, 9.17) is 0 Å². The summed E-state index contributed by atoms with van der Waals surface area (Å²) in [5, 5.41) is 0. The lowest BCUT2D eigenvalue weighted by Crippen LogP contribution is -2.48. The van der Waals surface area contributed by atoms with E-state index >= 15 is 0 Å². The molecule has 0 spiro atoms. The van der Waals surface area contributed by atoms with Gasteiger partial charge in [-0.3, -0.25) is 19.3 Å². The van der Waals surface area contributed by atoms with E-state index in [0.29, 0.717) is 32.5 Å². The number of allylic oxidation sites excluding steroid dienone is 2. The molecule has 1 saturated carbocycles. The number of imide groups is 1. The van der Waals surface area contributed by atoms with Crippen LogP contribution in [-0.4, -0.2) is 60.2 Å². The smallest absolute Gasteiger partial charge is 0.233 e. The molecule has 0 unspecified atom stereocenters. The fourth-order valence-electron chi connectivity index (χ4n) is 5.58. The van der Waals surface area contributed by atoms with Gasteiger partial charge in [0.25, 0.3) is 0 Å². The molecule has 2 aliphatic carbocycles. The van der Waals surface area contributed by atoms with Crippen molar-refractivity contribution in [3.05, 3.63) is 42.5 Å². The zero-order valence-electron chi connectivity index (χ0n) is 16.6. The maximum absolute atomic E-state index is 12.7. The Morgan fingerprint density at radius 1 is 0.897 bits per heavy atom. The SMILES string of the molecule is O=C(CCCN1C(=O)[C@@H]2[C@H](C1=O)[C@H]1C=C[C@H]2C1)N1CCN(c2ccccc2)CC1. The minimum absolute atomic E-state index is 0.0132. The van der Waals surface area contributed by atoms with Crippen molar-refractivity contribution in [3.63, 3.8) is 0 Å². The van der Waals surface area contributed by atoms with Crippen molar-refractivity contribution in [2.24, 2.45) is 23.7 Å². The van der Waals surface area contributed by atoms with Crippen LogP contribution in [0.3, 0.4) is 0 Å². The van der Waals surface area contributed by atoms with Gasteiger partial charge in [-0.05, 0) is 36.8 Å². The van der Waals surface area contributed by atoms with E-state index in [1.807, 2.05) is 23.1 Å². The van der Waals surface area contributed by atoms with Gasteiger partial charge in [0.2, 0.25) is 17.7 Å². The molecule has 4 atom stereocenters. The molecular formula is C23H27N3O3. The Labute approximate surface area is 171 Å². The molecule has 0 aromatic heterocycles. The lowest BCUT2D eigenvalue weighted by Gasteiger charge is -2.36. The first-order valence-corrected chi connectivity index (χ1v) is 10.7. The Hall–Kier alpha value is -2.63. The summed E-state index contributed by atoms with van der Waals surface area (Å²) < 4.78 is 0. The van der Waals surface area contributed by atoms with Crippen LogP contribution in [0.25, 0.3) is 0 Å². The summed E-state index contributed by atoms with van der Waals surface area (Å²) in [7, 11) is 0. The van der Waals surface area contributed by atoms with Crippen molar-refractivity contribution in [1.29, 1.82) is 0 Å². The Kier molecular flexibility index (Phi) is 4.64. The molecule has 2 heterocycles. The molecule has 5 rings (SSSR count). The predicted molar refractivity (Wildman–Crippen MR) is 109 cm³/mol. The van der Waals surface area contributed by atoms with Gasteiger partial charge in [0.15, 0.2) is 0 Å². The zero-order valence-corrected chi connectivity index (χ0v) is 16.6. The van der Waals surface area contributed by atoms with E-state index in [9.17, 15) is 14.4 Å². The summed E-state index contributed by atoms with van der Waals surface area (Å²) in [6.07, 6.45) is 6.12. The van der Waals surface area contributed by atoms with Crippen molar-refractivity contribution in [1.82, 2.24) is 9.80 Å². The topological polar surface area (TPSA) is 60.9 Å². The molecule has 2 bridgehead atoms. The number of likely N-dealkylation sites (tertiary alicyclic amines) is 1. The van der Waals surface area contributed by atoms with Gasteiger partial charge in [-0.25, -0.2) is 0 Å². The Morgan fingerprint density at radius 2 is 1.52 bits per heavy atom. The lowest BCUT2D eigenvalue weighted by molar-refractivity contribution is -0.141.